The zero-order valence-corrected chi connectivity index (χ0v) is 27.6. The smallest absolute Gasteiger partial charge is 0.388 e. The van der Waals surface area contributed by atoms with Crippen molar-refractivity contribution in [3.8, 4) is 21.9 Å². The summed E-state index contributed by atoms with van der Waals surface area (Å²) in [5, 5.41) is 12.0. The molecule has 9 nitrogen and oxygen atoms in total. The number of fused-ring (bicyclic) bond motifs is 3. The maximum Gasteiger partial charge on any atom is 0.434 e. The summed E-state index contributed by atoms with van der Waals surface area (Å²) in [5.74, 6) is 0.237. The molecule has 1 atom stereocenters. The minimum absolute atomic E-state index is 0.0540. The first-order valence-electron chi connectivity index (χ1n) is 16.5. The van der Waals surface area contributed by atoms with Gasteiger partial charge in [-0.1, -0.05) is 29.8 Å². The lowest BCUT2D eigenvalue weighted by Crippen LogP contribution is -2.40. The predicted molar refractivity (Wildman–Crippen MR) is 184 cm³/mol. The van der Waals surface area contributed by atoms with Crippen LogP contribution in [0.2, 0.25) is 5.02 Å². The molecule has 3 aliphatic heterocycles. The van der Waals surface area contributed by atoms with Gasteiger partial charge in [0, 0.05) is 28.2 Å². The molecule has 244 valence electrons. The first kappa shape index (κ1) is 29.1. The van der Waals surface area contributed by atoms with E-state index in [4.69, 9.17) is 26.0 Å². The predicted octanol–water partition coefficient (Wildman–Crippen LogP) is 7.45. The fraction of sp³-hybridized carbons (Fsp3) is 0.270. The van der Waals surface area contributed by atoms with E-state index < -0.39 is 11.3 Å². The molecule has 3 fully saturated rings. The SMILES string of the molecule is O=C1c2c(nc(CCc3cccc(F)c3)c(-c3n[nH]c(=O)o3)c2-c2cc3ccnc(N[C@@H]4CCc5ccc(Cl)cc54)c3s2)C23CC(CN12)C3. The number of nitrogens with zero attached hydrogens (tertiary/aromatic N) is 4. The molecule has 2 aliphatic carbocycles. The summed E-state index contributed by atoms with van der Waals surface area (Å²) < 4.78 is 20.7. The molecule has 2 aromatic carbocycles. The number of nitrogens with one attached hydrogen (secondary N) is 2. The number of aromatic nitrogens is 4. The Kier molecular flexibility index (Phi) is 6.27. The number of halogens is 2. The lowest BCUT2D eigenvalue weighted by Gasteiger charge is -2.37. The van der Waals surface area contributed by atoms with Gasteiger partial charge >= 0.3 is 5.76 Å². The van der Waals surface area contributed by atoms with Crippen LogP contribution in [0, 0.1) is 11.7 Å². The van der Waals surface area contributed by atoms with E-state index >= 15 is 0 Å². The number of pyridine rings is 2. The minimum atomic E-state index is -0.700. The maximum atomic E-state index is 14.4. The van der Waals surface area contributed by atoms with E-state index in [1.165, 1.54) is 34.6 Å². The molecule has 0 radical (unpaired) electrons. The Balaban J connectivity index is 1.16. The summed E-state index contributed by atoms with van der Waals surface area (Å²) in [5.41, 5.74) is 6.00. The van der Waals surface area contributed by atoms with E-state index in [9.17, 15) is 14.0 Å². The van der Waals surface area contributed by atoms with Gasteiger partial charge in [0.25, 0.3) is 11.8 Å². The summed E-state index contributed by atoms with van der Waals surface area (Å²) in [6.07, 6.45) is 6.36. The Hall–Kier alpha value is -4.87. The maximum absolute atomic E-state index is 14.4. The highest BCUT2D eigenvalue weighted by atomic mass is 35.5. The van der Waals surface area contributed by atoms with Gasteiger partial charge in [0.05, 0.1) is 38.8 Å². The largest absolute Gasteiger partial charge is 0.434 e. The van der Waals surface area contributed by atoms with E-state index in [0.717, 1.165) is 57.7 Å². The number of hydrogen-bond acceptors (Lipinski definition) is 8. The van der Waals surface area contributed by atoms with Crippen molar-refractivity contribution in [2.24, 2.45) is 5.92 Å². The van der Waals surface area contributed by atoms with Gasteiger partial charge in [-0.25, -0.2) is 19.3 Å². The van der Waals surface area contributed by atoms with Gasteiger partial charge < -0.3 is 14.6 Å². The van der Waals surface area contributed by atoms with Crippen LogP contribution in [0.1, 0.15) is 63.7 Å². The van der Waals surface area contributed by atoms with Crippen molar-refractivity contribution in [2.75, 3.05) is 11.9 Å². The van der Waals surface area contributed by atoms with Gasteiger partial charge in [0.1, 0.15) is 11.6 Å². The van der Waals surface area contributed by atoms with E-state index in [2.05, 4.69) is 27.6 Å². The summed E-state index contributed by atoms with van der Waals surface area (Å²) in [6, 6.07) is 16.7. The number of benzene rings is 2. The van der Waals surface area contributed by atoms with Crippen LogP contribution in [0.15, 0.2) is 70.0 Å². The van der Waals surface area contributed by atoms with Gasteiger partial charge in [-0.2, -0.15) is 0 Å². The molecule has 2 saturated heterocycles. The van der Waals surface area contributed by atoms with Crippen molar-refractivity contribution in [3.63, 3.8) is 0 Å². The monoisotopic (exact) mass is 690 g/mol. The second kappa shape index (κ2) is 10.6. The molecule has 2 bridgehead atoms. The third-order valence-corrected chi connectivity index (χ3v) is 12.2. The third-order valence-electron chi connectivity index (χ3n) is 10.8. The molecule has 1 amide bonds. The van der Waals surface area contributed by atoms with Crippen molar-refractivity contribution in [3.05, 3.63) is 116 Å². The molecule has 4 aromatic heterocycles. The number of thiophene rings is 1. The van der Waals surface area contributed by atoms with E-state index in [0.29, 0.717) is 52.7 Å². The number of rotatable bonds is 7. The molecule has 5 aliphatic rings. The molecule has 2 N–H and O–H groups in total. The molecule has 11 rings (SSSR count). The van der Waals surface area contributed by atoms with Crippen LogP contribution in [0.5, 0.6) is 0 Å². The average molecular weight is 691 g/mol. The molecular formula is C37H28ClFN6O3S. The number of aryl methyl sites for hydroxylation is 3. The minimum Gasteiger partial charge on any atom is -0.388 e. The van der Waals surface area contributed by atoms with Gasteiger partial charge in [-0.05, 0) is 103 Å². The number of anilines is 1. The Morgan fingerprint density at radius 2 is 1.98 bits per heavy atom. The summed E-state index contributed by atoms with van der Waals surface area (Å²) >= 11 is 7.92. The van der Waals surface area contributed by atoms with E-state index in [1.54, 1.807) is 12.3 Å². The first-order chi connectivity index (χ1) is 23.8. The molecule has 0 unspecified atom stereocenters. The molecule has 12 heteroatoms. The summed E-state index contributed by atoms with van der Waals surface area (Å²) in [4.78, 5) is 39.6. The highest BCUT2D eigenvalue weighted by molar-refractivity contribution is 7.23. The van der Waals surface area contributed by atoms with Crippen LogP contribution >= 0.6 is 22.9 Å². The average Bonchev–Trinajstić information content (AvgIpc) is 3.92. The molecule has 7 heterocycles. The topological polar surface area (TPSA) is 117 Å². The number of H-pyrrole nitrogens is 1. The standard InChI is InChI=1S/C37H28ClFN6O3S/c38-22-7-5-20-6-9-25(24(20)14-22)42-33-31-21(10-11-40-33)13-27(49-31)29-28(34-43-44-36(47)48-34)26(8-4-18-2-1-3-23(39)12-18)41-32-30(29)35(46)45-17-19-15-37(32,45)16-19/h1-3,5,7,10-14,19,25H,4,6,8-9,15-17H2,(H,40,42)(H,44,47)/t19?,25-,37?/m1/s1. The van der Waals surface area contributed by atoms with Gasteiger partial charge in [0.15, 0.2) is 0 Å². The normalized spacial score (nSPS) is 21.6. The highest BCUT2D eigenvalue weighted by Crippen LogP contribution is 2.63. The van der Waals surface area contributed by atoms with Crippen molar-refractivity contribution < 1.29 is 13.6 Å². The van der Waals surface area contributed by atoms with Crippen molar-refractivity contribution in [2.45, 2.75) is 50.1 Å². The van der Waals surface area contributed by atoms with Crippen molar-refractivity contribution in [1.29, 1.82) is 0 Å². The Labute approximate surface area is 288 Å². The summed E-state index contributed by atoms with van der Waals surface area (Å²) in [6.45, 7) is 0.706. The Bertz CT molecular complexity index is 2430. The molecule has 1 saturated carbocycles. The van der Waals surface area contributed by atoms with E-state index in [1.807, 2.05) is 29.2 Å². The summed E-state index contributed by atoms with van der Waals surface area (Å²) in [7, 11) is 0. The van der Waals surface area contributed by atoms with Crippen LogP contribution in [0.3, 0.4) is 0 Å². The van der Waals surface area contributed by atoms with Crippen LogP contribution < -0.4 is 11.1 Å². The zero-order valence-electron chi connectivity index (χ0n) is 26.1. The van der Waals surface area contributed by atoms with Crippen molar-refractivity contribution >= 4 is 44.7 Å². The fourth-order valence-electron chi connectivity index (χ4n) is 8.62. The van der Waals surface area contributed by atoms with Crippen LogP contribution in [0.4, 0.5) is 10.2 Å². The molecule has 6 aromatic rings. The Morgan fingerprint density at radius 1 is 1.08 bits per heavy atom. The van der Waals surface area contributed by atoms with E-state index in [-0.39, 0.29) is 23.7 Å². The highest BCUT2D eigenvalue weighted by Gasteiger charge is 2.65. The number of hydrogen-bond donors (Lipinski definition) is 2. The molecule has 49 heavy (non-hydrogen) atoms. The third kappa shape index (κ3) is 4.38. The van der Waals surface area contributed by atoms with Gasteiger partial charge in [-0.15, -0.1) is 16.4 Å². The number of carbonyl (C=O) groups is 1. The van der Waals surface area contributed by atoms with Gasteiger partial charge in [0.2, 0.25) is 0 Å². The van der Waals surface area contributed by atoms with Crippen LogP contribution in [0.25, 0.3) is 32.0 Å². The van der Waals surface area contributed by atoms with Crippen molar-refractivity contribution in [1.82, 2.24) is 25.1 Å². The van der Waals surface area contributed by atoms with Gasteiger partial charge in [-0.3, -0.25) is 9.78 Å². The zero-order chi connectivity index (χ0) is 33.0. The quantitative estimate of drug-likeness (QED) is 0.179. The first-order valence-corrected chi connectivity index (χ1v) is 17.7. The second-order valence-electron chi connectivity index (χ2n) is 13.6. The fourth-order valence-corrected chi connectivity index (χ4v) is 9.96. The van der Waals surface area contributed by atoms with Crippen LogP contribution in [-0.4, -0.2) is 37.5 Å². The number of carbonyl (C=O) groups excluding carboxylic acids is 1. The number of aromatic amines is 1. The lowest BCUT2D eigenvalue weighted by atomic mass is 9.71. The van der Waals surface area contributed by atoms with Crippen LogP contribution in [-0.2, 0) is 24.8 Å². The molecule has 1 spiro atoms. The lowest BCUT2D eigenvalue weighted by molar-refractivity contribution is 0.0637. The number of amides is 1. The second-order valence-corrected chi connectivity index (χ2v) is 15.1. The Morgan fingerprint density at radius 3 is 2.82 bits per heavy atom. The molecular weight excluding hydrogens is 663 g/mol.